The number of aromatic nitrogens is 3. The third kappa shape index (κ3) is 1.64. The molecule has 0 aromatic carbocycles. The van der Waals surface area contributed by atoms with Crippen molar-refractivity contribution in [3.63, 3.8) is 0 Å². The largest absolute Gasteiger partial charge is 0.467 e. The summed E-state index contributed by atoms with van der Waals surface area (Å²) >= 11 is 0. The Balaban J connectivity index is 3.02. The SMILES string of the molecule is COc1nc(N)nc(NN)n1. The number of anilines is 2. The van der Waals surface area contributed by atoms with Gasteiger partial charge in [0, 0.05) is 0 Å². The van der Waals surface area contributed by atoms with Crippen LogP contribution in [0.2, 0.25) is 0 Å². The lowest BCUT2D eigenvalue weighted by Gasteiger charge is -2.00. The molecule has 0 amide bonds. The Hall–Kier alpha value is -1.63. The molecule has 0 aliphatic carbocycles. The van der Waals surface area contributed by atoms with Crippen LogP contribution in [-0.4, -0.2) is 22.1 Å². The molecule has 7 heteroatoms. The summed E-state index contributed by atoms with van der Waals surface area (Å²) in [6.45, 7) is 0. The van der Waals surface area contributed by atoms with Crippen LogP contribution in [0.3, 0.4) is 0 Å². The second-order valence-electron chi connectivity index (χ2n) is 1.65. The number of hydrogen-bond acceptors (Lipinski definition) is 7. The topological polar surface area (TPSA) is 112 Å². The molecule has 0 atom stereocenters. The zero-order valence-corrected chi connectivity index (χ0v) is 5.90. The summed E-state index contributed by atoms with van der Waals surface area (Å²) < 4.78 is 4.70. The van der Waals surface area contributed by atoms with E-state index in [0.717, 1.165) is 0 Å². The van der Waals surface area contributed by atoms with Gasteiger partial charge in [0.05, 0.1) is 7.11 Å². The molecule has 60 valence electrons. The van der Waals surface area contributed by atoms with E-state index in [1.54, 1.807) is 0 Å². The van der Waals surface area contributed by atoms with Gasteiger partial charge in [0.15, 0.2) is 0 Å². The number of nitrogens with one attached hydrogen (secondary N) is 1. The van der Waals surface area contributed by atoms with E-state index in [1.165, 1.54) is 7.11 Å². The van der Waals surface area contributed by atoms with Gasteiger partial charge < -0.3 is 10.5 Å². The fourth-order valence-corrected chi connectivity index (χ4v) is 0.528. The normalized spacial score (nSPS) is 9.27. The predicted octanol–water partition coefficient (Wildman–Crippen LogP) is -1.25. The van der Waals surface area contributed by atoms with Gasteiger partial charge in [-0.2, -0.15) is 15.0 Å². The Kier molecular flexibility index (Phi) is 2.02. The van der Waals surface area contributed by atoms with Crippen molar-refractivity contribution >= 4 is 11.9 Å². The molecule has 0 aliphatic rings. The smallest absolute Gasteiger partial charge is 0.322 e. The summed E-state index contributed by atoms with van der Waals surface area (Å²) in [6.07, 6.45) is 0. The highest BCUT2D eigenvalue weighted by atomic mass is 16.5. The zero-order chi connectivity index (χ0) is 8.27. The quantitative estimate of drug-likeness (QED) is 0.362. The highest BCUT2D eigenvalue weighted by Gasteiger charge is 2.00. The summed E-state index contributed by atoms with van der Waals surface area (Å²) in [6, 6.07) is 0.130. The van der Waals surface area contributed by atoms with Crippen LogP contribution in [0, 0.1) is 0 Å². The van der Waals surface area contributed by atoms with Gasteiger partial charge in [-0.05, 0) is 0 Å². The lowest BCUT2D eigenvalue weighted by Crippen LogP contribution is -2.13. The summed E-state index contributed by atoms with van der Waals surface area (Å²) in [5.41, 5.74) is 7.49. The van der Waals surface area contributed by atoms with E-state index in [1.807, 2.05) is 0 Å². The molecule has 0 unspecified atom stereocenters. The van der Waals surface area contributed by atoms with Crippen LogP contribution in [0.1, 0.15) is 0 Å². The Labute approximate surface area is 62.8 Å². The summed E-state index contributed by atoms with van der Waals surface area (Å²) in [5.74, 6) is 5.26. The number of ether oxygens (including phenoxy) is 1. The number of nitrogens with zero attached hydrogens (tertiary/aromatic N) is 3. The number of hydrogen-bond donors (Lipinski definition) is 3. The number of rotatable bonds is 2. The van der Waals surface area contributed by atoms with Gasteiger partial charge in [0.1, 0.15) is 0 Å². The lowest BCUT2D eigenvalue weighted by atomic mass is 10.9. The van der Waals surface area contributed by atoms with E-state index in [9.17, 15) is 0 Å². The molecule has 0 spiro atoms. The van der Waals surface area contributed by atoms with Gasteiger partial charge >= 0.3 is 6.01 Å². The molecule has 11 heavy (non-hydrogen) atoms. The minimum Gasteiger partial charge on any atom is -0.467 e. The van der Waals surface area contributed by atoms with Crippen molar-refractivity contribution in [1.82, 2.24) is 15.0 Å². The van der Waals surface area contributed by atoms with Gasteiger partial charge in [-0.1, -0.05) is 0 Å². The predicted molar refractivity (Wildman–Crippen MR) is 38.6 cm³/mol. The Morgan fingerprint density at radius 3 is 2.64 bits per heavy atom. The molecule has 0 radical (unpaired) electrons. The van der Waals surface area contributed by atoms with Crippen molar-refractivity contribution in [3.05, 3.63) is 0 Å². The molecule has 1 rings (SSSR count). The maximum atomic E-state index is 5.27. The molecule has 1 aromatic rings. The number of nitrogens with two attached hydrogens (primary N) is 2. The second kappa shape index (κ2) is 2.97. The van der Waals surface area contributed by atoms with Crippen molar-refractivity contribution in [2.75, 3.05) is 18.3 Å². The summed E-state index contributed by atoms with van der Waals surface area (Å²) in [5, 5.41) is 0. The van der Waals surface area contributed by atoms with Crippen LogP contribution in [0.4, 0.5) is 11.9 Å². The summed E-state index contributed by atoms with van der Waals surface area (Å²) in [7, 11) is 1.43. The fraction of sp³-hybridized carbons (Fsp3) is 0.250. The van der Waals surface area contributed by atoms with Crippen LogP contribution < -0.4 is 21.7 Å². The molecule has 0 aliphatic heterocycles. The third-order valence-electron chi connectivity index (χ3n) is 0.944. The first-order valence-electron chi connectivity index (χ1n) is 2.78. The van der Waals surface area contributed by atoms with Crippen molar-refractivity contribution in [1.29, 1.82) is 0 Å². The average Bonchev–Trinajstić information content (AvgIpc) is 2.03. The number of nitrogen functional groups attached to an aromatic ring is 2. The maximum Gasteiger partial charge on any atom is 0.322 e. The summed E-state index contributed by atoms with van der Waals surface area (Å²) in [4.78, 5) is 11.0. The van der Waals surface area contributed by atoms with Crippen LogP contribution in [-0.2, 0) is 0 Å². The van der Waals surface area contributed by atoms with Gasteiger partial charge in [-0.25, -0.2) is 5.84 Å². The lowest BCUT2D eigenvalue weighted by molar-refractivity contribution is 0.379. The molecule has 5 N–H and O–H groups in total. The third-order valence-corrected chi connectivity index (χ3v) is 0.944. The van der Waals surface area contributed by atoms with Crippen molar-refractivity contribution < 1.29 is 4.74 Å². The average molecular weight is 156 g/mol. The first kappa shape index (κ1) is 7.48. The van der Waals surface area contributed by atoms with Crippen LogP contribution in [0.25, 0.3) is 0 Å². The van der Waals surface area contributed by atoms with Gasteiger partial charge in [0.2, 0.25) is 11.9 Å². The van der Waals surface area contributed by atoms with E-state index < -0.39 is 0 Å². The van der Waals surface area contributed by atoms with Gasteiger partial charge in [-0.3, -0.25) is 5.43 Å². The molecular weight excluding hydrogens is 148 g/mol. The minimum atomic E-state index is 0.0600. The molecular formula is C4H8N6O. The highest BCUT2D eigenvalue weighted by Crippen LogP contribution is 2.05. The van der Waals surface area contributed by atoms with Crippen LogP contribution in [0.5, 0.6) is 6.01 Å². The maximum absolute atomic E-state index is 5.27. The van der Waals surface area contributed by atoms with E-state index >= 15 is 0 Å². The molecule has 1 aromatic heterocycles. The Bertz CT molecular complexity index is 228. The van der Waals surface area contributed by atoms with Crippen molar-refractivity contribution in [2.24, 2.45) is 5.84 Å². The number of hydrazine groups is 1. The van der Waals surface area contributed by atoms with E-state index in [2.05, 4.69) is 20.4 Å². The minimum absolute atomic E-state index is 0.0600. The first-order valence-corrected chi connectivity index (χ1v) is 2.78. The number of methoxy groups -OCH3 is 1. The molecule has 1 heterocycles. The van der Waals surface area contributed by atoms with Gasteiger partial charge in [-0.15, -0.1) is 0 Å². The van der Waals surface area contributed by atoms with E-state index in [0.29, 0.717) is 0 Å². The fourth-order valence-electron chi connectivity index (χ4n) is 0.528. The molecule has 0 saturated carbocycles. The van der Waals surface area contributed by atoms with Crippen molar-refractivity contribution in [3.8, 4) is 6.01 Å². The monoisotopic (exact) mass is 156 g/mol. The molecule has 7 nitrogen and oxygen atoms in total. The van der Waals surface area contributed by atoms with E-state index in [4.69, 9.17) is 16.3 Å². The second-order valence-corrected chi connectivity index (χ2v) is 1.65. The van der Waals surface area contributed by atoms with Gasteiger partial charge in [0.25, 0.3) is 0 Å². The van der Waals surface area contributed by atoms with Crippen molar-refractivity contribution in [2.45, 2.75) is 0 Å². The zero-order valence-electron chi connectivity index (χ0n) is 5.90. The standard InChI is InChI=1S/C4H8N6O/c1-11-4-8-2(5)7-3(9-4)10-6/h6H2,1H3,(H3,5,7,8,9,10). The van der Waals surface area contributed by atoms with Crippen LogP contribution in [0.15, 0.2) is 0 Å². The Morgan fingerprint density at radius 1 is 1.36 bits per heavy atom. The molecule has 0 fully saturated rings. The first-order chi connectivity index (χ1) is 5.26. The molecule has 0 saturated heterocycles. The highest BCUT2D eigenvalue weighted by molar-refractivity contribution is 5.30. The molecule has 0 bridgehead atoms. The van der Waals surface area contributed by atoms with E-state index in [-0.39, 0.29) is 17.9 Å². The van der Waals surface area contributed by atoms with Crippen LogP contribution >= 0.6 is 0 Å². The Morgan fingerprint density at radius 2 is 2.09 bits per heavy atom.